The summed E-state index contributed by atoms with van der Waals surface area (Å²) in [5, 5.41) is -0.435. The van der Waals surface area contributed by atoms with Crippen LogP contribution < -0.4 is 15.9 Å². The number of ether oxygens (including phenoxy) is 2. The van der Waals surface area contributed by atoms with Gasteiger partial charge in [-0.05, 0) is 19.8 Å². The van der Waals surface area contributed by atoms with Crippen LogP contribution >= 0.6 is 11.6 Å². The van der Waals surface area contributed by atoms with E-state index >= 15 is 0 Å². The van der Waals surface area contributed by atoms with Crippen molar-refractivity contribution < 1.29 is 18.7 Å². The molecule has 128 valence electrons. The number of halogens is 2. The van der Waals surface area contributed by atoms with Gasteiger partial charge in [0, 0.05) is 12.2 Å². The number of aromatic nitrogens is 1. The van der Waals surface area contributed by atoms with E-state index < -0.39 is 22.2 Å². The van der Waals surface area contributed by atoms with Crippen molar-refractivity contribution in [2.24, 2.45) is 0 Å². The van der Waals surface area contributed by atoms with E-state index in [-0.39, 0.29) is 40.6 Å². The number of rotatable bonds is 4. The molecule has 2 aromatic rings. The van der Waals surface area contributed by atoms with Gasteiger partial charge in [-0.25, -0.2) is 9.18 Å². The zero-order valence-corrected chi connectivity index (χ0v) is 13.9. The molecule has 6 nitrogen and oxygen atoms in total. The summed E-state index contributed by atoms with van der Waals surface area (Å²) in [6, 6.07) is 0.0372. The number of carbonyl (C=O) groups excluding carboxylic acids is 1. The van der Waals surface area contributed by atoms with Crippen LogP contribution in [0.2, 0.25) is 5.02 Å². The van der Waals surface area contributed by atoms with E-state index in [4.69, 9.17) is 26.8 Å². The second-order valence-corrected chi connectivity index (χ2v) is 5.91. The van der Waals surface area contributed by atoms with E-state index in [9.17, 15) is 14.0 Å². The van der Waals surface area contributed by atoms with Crippen LogP contribution in [0.15, 0.2) is 11.0 Å². The summed E-state index contributed by atoms with van der Waals surface area (Å²) in [6.45, 7) is 1.77. The topological polar surface area (TPSA) is 83.6 Å². The van der Waals surface area contributed by atoms with E-state index in [1.807, 2.05) is 0 Å². The zero-order chi connectivity index (χ0) is 17.6. The molecule has 0 aliphatic heterocycles. The molecular formula is C16H16ClFN2O4. The van der Waals surface area contributed by atoms with Crippen LogP contribution in [0.4, 0.5) is 10.1 Å². The minimum atomic E-state index is -0.832. The number of esters is 1. The van der Waals surface area contributed by atoms with Crippen LogP contribution in [-0.4, -0.2) is 24.3 Å². The summed E-state index contributed by atoms with van der Waals surface area (Å²) in [4.78, 5) is 24.9. The van der Waals surface area contributed by atoms with Crippen LogP contribution in [-0.2, 0) is 4.74 Å². The van der Waals surface area contributed by atoms with Crippen molar-refractivity contribution in [3.8, 4) is 5.75 Å². The predicted octanol–water partition coefficient (Wildman–Crippen LogP) is 2.90. The monoisotopic (exact) mass is 354 g/mol. The van der Waals surface area contributed by atoms with Gasteiger partial charge in [-0.3, -0.25) is 4.79 Å². The lowest BCUT2D eigenvalue weighted by Crippen LogP contribution is -2.22. The lowest BCUT2D eigenvalue weighted by Gasteiger charge is -2.18. The Kier molecular flexibility index (Phi) is 4.13. The van der Waals surface area contributed by atoms with E-state index in [1.54, 1.807) is 11.5 Å². The van der Waals surface area contributed by atoms with Crippen molar-refractivity contribution >= 4 is 34.2 Å². The van der Waals surface area contributed by atoms with E-state index in [0.29, 0.717) is 0 Å². The third-order valence-corrected chi connectivity index (χ3v) is 4.36. The molecular weight excluding hydrogens is 339 g/mol. The second kappa shape index (κ2) is 5.98. The minimum absolute atomic E-state index is 0.0318. The molecule has 1 heterocycles. The molecule has 0 atom stereocenters. The molecule has 1 aliphatic carbocycles. The standard InChI is InChI=1S/C16H16ClFN2O4/c1-3-24-16(22)8-6-20(7-4-5-7)13-9(14(8)21)12(19)10(17)11(18)15(13)23-2/h6-7H,3-5,19H2,1-2H3. The smallest absolute Gasteiger partial charge is 0.343 e. The predicted molar refractivity (Wildman–Crippen MR) is 88.4 cm³/mol. The summed E-state index contributed by atoms with van der Waals surface area (Å²) in [5.41, 5.74) is 5.06. The molecule has 3 rings (SSSR count). The number of hydrogen-bond donors (Lipinski definition) is 1. The Morgan fingerprint density at radius 3 is 2.71 bits per heavy atom. The molecule has 8 heteroatoms. The summed E-state index contributed by atoms with van der Waals surface area (Å²) in [6.07, 6.45) is 3.07. The Morgan fingerprint density at radius 1 is 1.50 bits per heavy atom. The largest absolute Gasteiger partial charge is 0.491 e. The molecule has 24 heavy (non-hydrogen) atoms. The van der Waals surface area contributed by atoms with Crippen LogP contribution in [0.1, 0.15) is 36.2 Å². The number of nitrogens with zero attached hydrogens (tertiary/aromatic N) is 1. The second-order valence-electron chi connectivity index (χ2n) is 5.53. The van der Waals surface area contributed by atoms with E-state index in [2.05, 4.69) is 0 Å². The minimum Gasteiger partial charge on any atom is -0.491 e. The number of fused-ring (bicyclic) bond motifs is 1. The molecule has 0 saturated heterocycles. The zero-order valence-electron chi connectivity index (χ0n) is 13.2. The quantitative estimate of drug-likeness (QED) is 0.674. The maximum Gasteiger partial charge on any atom is 0.343 e. The van der Waals surface area contributed by atoms with Gasteiger partial charge in [-0.2, -0.15) is 0 Å². The van der Waals surface area contributed by atoms with Gasteiger partial charge in [-0.1, -0.05) is 11.6 Å². The molecule has 2 N–H and O–H groups in total. The van der Waals surface area contributed by atoms with E-state index in [1.165, 1.54) is 13.3 Å². The first-order valence-electron chi connectivity index (χ1n) is 7.48. The third-order valence-electron chi connectivity index (χ3n) is 3.99. The lowest BCUT2D eigenvalue weighted by atomic mass is 10.1. The van der Waals surface area contributed by atoms with Gasteiger partial charge in [0.2, 0.25) is 5.43 Å². The molecule has 1 saturated carbocycles. The molecule has 0 amide bonds. The summed E-state index contributed by atoms with van der Waals surface area (Å²) in [5.74, 6) is -1.75. The molecule has 1 fully saturated rings. The van der Waals surface area contributed by atoms with Crippen molar-refractivity contribution in [2.45, 2.75) is 25.8 Å². The third kappa shape index (κ3) is 2.39. The number of nitrogen functional groups attached to an aromatic ring is 1. The van der Waals surface area contributed by atoms with Crippen LogP contribution in [0.3, 0.4) is 0 Å². The number of anilines is 1. The SMILES string of the molecule is CCOC(=O)c1cn(C2CC2)c2c(OC)c(F)c(Cl)c(N)c2c1=O. The Morgan fingerprint density at radius 2 is 2.17 bits per heavy atom. The number of nitrogens with two attached hydrogens (primary N) is 1. The van der Waals surface area contributed by atoms with Crippen molar-refractivity contribution in [3.63, 3.8) is 0 Å². The fourth-order valence-electron chi connectivity index (χ4n) is 2.73. The first-order valence-corrected chi connectivity index (χ1v) is 7.86. The van der Waals surface area contributed by atoms with Crippen molar-refractivity contribution in [3.05, 3.63) is 32.8 Å². The number of hydrogen-bond acceptors (Lipinski definition) is 5. The van der Waals surface area contributed by atoms with Gasteiger partial charge in [0.15, 0.2) is 11.6 Å². The fraction of sp³-hybridized carbons (Fsp3) is 0.375. The van der Waals surface area contributed by atoms with Crippen LogP contribution in [0.25, 0.3) is 10.9 Å². The highest BCUT2D eigenvalue weighted by Gasteiger charge is 2.31. The number of pyridine rings is 1. The number of carbonyl (C=O) groups is 1. The summed E-state index contributed by atoms with van der Waals surface area (Å²) >= 11 is 5.91. The maximum atomic E-state index is 14.4. The molecule has 0 spiro atoms. The molecule has 1 aliphatic rings. The van der Waals surface area contributed by atoms with Crippen LogP contribution in [0, 0.1) is 5.82 Å². The van der Waals surface area contributed by atoms with Crippen molar-refractivity contribution in [1.82, 2.24) is 4.57 Å². The highest BCUT2D eigenvalue weighted by molar-refractivity contribution is 6.35. The van der Waals surface area contributed by atoms with Gasteiger partial charge >= 0.3 is 5.97 Å². The van der Waals surface area contributed by atoms with Gasteiger partial charge in [0.25, 0.3) is 0 Å². The Bertz CT molecular complexity index is 906. The highest BCUT2D eigenvalue weighted by atomic mass is 35.5. The first kappa shape index (κ1) is 16.6. The molecule has 1 aromatic heterocycles. The lowest BCUT2D eigenvalue weighted by molar-refractivity contribution is 0.0524. The van der Waals surface area contributed by atoms with Crippen molar-refractivity contribution in [1.29, 1.82) is 0 Å². The highest BCUT2D eigenvalue weighted by Crippen LogP contribution is 2.43. The number of benzene rings is 1. The fourth-order valence-corrected chi connectivity index (χ4v) is 2.91. The van der Waals surface area contributed by atoms with Gasteiger partial charge in [0.1, 0.15) is 16.1 Å². The average Bonchev–Trinajstić information content (AvgIpc) is 3.38. The molecule has 0 radical (unpaired) electrons. The first-order chi connectivity index (χ1) is 11.4. The van der Waals surface area contributed by atoms with Crippen LogP contribution in [0.5, 0.6) is 5.75 Å². The Balaban J connectivity index is 2.48. The van der Waals surface area contributed by atoms with Gasteiger partial charge in [-0.15, -0.1) is 0 Å². The Hall–Kier alpha value is -2.28. The maximum absolute atomic E-state index is 14.4. The normalized spacial score (nSPS) is 14.0. The summed E-state index contributed by atoms with van der Waals surface area (Å²) < 4.78 is 26.1. The van der Waals surface area contributed by atoms with Crippen molar-refractivity contribution in [2.75, 3.05) is 19.5 Å². The summed E-state index contributed by atoms with van der Waals surface area (Å²) in [7, 11) is 1.28. The molecule has 0 unspecified atom stereocenters. The van der Waals surface area contributed by atoms with Gasteiger partial charge < -0.3 is 19.8 Å². The number of methoxy groups -OCH3 is 1. The van der Waals surface area contributed by atoms with Gasteiger partial charge in [0.05, 0.1) is 24.8 Å². The molecule has 0 bridgehead atoms. The van der Waals surface area contributed by atoms with E-state index in [0.717, 1.165) is 12.8 Å². The molecule has 1 aromatic carbocycles. The Labute approximate surface area is 141 Å². The average molecular weight is 355 g/mol.